The maximum atomic E-state index is 13.1. The van der Waals surface area contributed by atoms with Crippen molar-refractivity contribution >= 4 is 39.5 Å². The molecule has 3 heterocycles. The molecule has 3 aromatic carbocycles. The number of benzene rings is 3. The van der Waals surface area contributed by atoms with E-state index in [9.17, 15) is 14.9 Å². The first kappa shape index (κ1) is 25.4. The zero-order valence-corrected chi connectivity index (χ0v) is 22.3. The van der Waals surface area contributed by atoms with Crippen LogP contribution >= 0.6 is 0 Å². The Balaban J connectivity index is 1.18. The number of hydrogen-bond donors (Lipinski definition) is 0. The van der Waals surface area contributed by atoms with Gasteiger partial charge in [-0.25, -0.2) is 4.79 Å². The van der Waals surface area contributed by atoms with Crippen LogP contribution in [0.4, 0.5) is 16.4 Å². The van der Waals surface area contributed by atoms with Crippen LogP contribution in [-0.2, 0) is 24.4 Å². The maximum absolute atomic E-state index is 13.1. The van der Waals surface area contributed by atoms with Gasteiger partial charge in [-0.3, -0.25) is 4.57 Å². The van der Waals surface area contributed by atoms with E-state index in [0.29, 0.717) is 50.8 Å². The summed E-state index contributed by atoms with van der Waals surface area (Å²) in [4.78, 5) is 32.6. The van der Waals surface area contributed by atoms with Gasteiger partial charge in [0.15, 0.2) is 6.73 Å². The lowest BCUT2D eigenvalue weighted by Gasteiger charge is -2.35. The van der Waals surface area contributed by atoms with Crippen molar-refractivity contribution in [2.24, 2.45) is 0 Å². The molecule has 2 aromatic heterocycles. The van der Waals surface area contributed by atoms with Crippen LogP contribution in [0.15, 0.2) is 78.9 Å². The zero-order valence-electron chi connectivity index (χ0n) is 22.3. The average Bonchev–Trinajstić information content (AvgIpc) is 3.52. The second kappa shape index (κ2) is 10.7. The lowest BCUT2D eigenvalue weighted by Crippen LogP contribution is -2.49. The number of carbonyl (C=O) groups is 1. The van der Waals surface area contributed by atoms with Crippen molar-refractivity contribution in [1.82, 2.24) is 19.0 Å². The summed E-state index contributed by atoms with van der Waals surface area (Å²) >= 11 is 0. The smallest absolute Gasteiger partial charge is 0.411 e. The van der Waals surface area contributed by atoms with E-state index in [4.69, 9.17) is 4.74 Å². The third kappa shape index (κ3) is 4.61. The number of anilines is 1. The molecule has 1 aliphatic heterocycles. The number of rotatable bonds is 7. The SMILES string of the molecule is CCc1nc([N+](=O)[O-])c(N2CCN(C(=O)OCn3c4ccccc4c4ccccc43)CC2)n1Cc1ccccc1. The van der Waals surface area contributed by atoms with Crippen LogP contribution in [0.2, 0.25) is 0 Å². The second-order valence-corrected chi connectivity index (χ2v) is 9.83. The number of piperazine rings is 1. The van der Waals surface area contributed by atoms with E-state index in [-0.39, 0.29) is 12.5 Å². The first-order valence-corrected chi connectivity index (χ1v) is 13.5. The highest BCUT2D eigenvalue weighted by molar-refractivity contribution is 6.07. The maximum Gasteiger partial charge on any atom is 0.411 e. The van der Waals surface area contributed by atoms with Gasteiger partial charge in [0.25, 0.3) is 0 Å². The number of hydrogen-bond acceptors (Lipinski definition) is 6. The second-order valence-electron chi connectivity index (χ2n) is 9.83. The Hall–Kier alpha value is -4.86. The molecule has 10 nitrogen and oxygen atoms in total. The van der Waals surface area contributed by atoms with Gasteiger partial charge >= 0.3 is 11.9 Å². The lowest BCUT2D eigenvalue weighted by atomic mass is 10.2. The Kier molecular flexibility index (Phi) is 6.81. The molecule has 204 valence electrons. The van der Waals surface area contributed by atoms with Gasteiger partial charge in [0.2, 0.25) is 11.6 Å². The number of fused-ring (bicyclic) bond motifs is 3. The molecule has 1 fully saturated rings. The summed E-state index contributed by atoms with van der Waals surface area (Å²) in [6.45, 7) is 4.19. The fraction of sp³-hybridized carbons (Fsp3) is 0.267. The minimum Gasteiger partial charge on any atom is -0.428 e. The fourth-order valence-electron chi connectivity index (χ4n) is 5.57. The number of imidazole rings is 1. The number of amides is 1. The summed E-state index contributed by atoms with van der Waals surface area (Å²) in [5.41, 5.74) is 3.05. The number of aryl methyl sites for hydroxylation is 1. The first-order chi connectivity index (χ1) is 19.5. The molecule has 1 amide bonds. The summed E-state index contributed by atoms with van der Waals surface area (Å²) in [7, 11) is 0. The van der Waals surface area contributed by atoms with Crippen molar-refractivity contribution in [3.63, 3.8) is 0 Å². The van der Waals surface area contributed by atoms with Gasteiger partial charge < -0.3 is 29.2 Å². The highest BCUT2D eigenvalue weighted by Gasteiger charge is 2.33. The number of nitro groups is 1. The van der Waals surface area contributed by atoms with E-state index >= 15 is 0 Å². The number of para-hydroxylation sites is 2. The van der Waals surface area contributed by atoms with Gasteiger partial charge in [0.1, 0.15) is 0 Å². The Morgan fingerprint density at radius 2 is 1.48 bits per heavy atom. The summed E-state index contributed by atoms with van der Waals surface area (Å²) in [6.07, 6.45) is 0.172. The Bertz CT molecular complexity index is 1630. The summed E-state index contributed by atoms with van der Waals surface area (Å²) < 4.78 is 9.72. The van der Waals surface area contributed by atoms with E-state index in [1.807, 2.05) is 87.7 Å². The Labute approximate surface area is 231 Å². The van der Waals surface area contributed by atoms with Gasteiger partial charge in [-0.15, -0.1) is 0 Å². The van der Waals surface area contributed by atoms with Gasteiger partial charge in [0, 0.05) is 43.4 Å². The standard InChI is InChI=1S/C30H30N6O4/c1-2-27-31-28(36(38)39)29(34(27)20-22-10-4-3-5-11-22)32-16-18-33(19-17-32)30(37)40-21-35-25-14-8-6-12-23(25)24-13-7-9-15-26(24)35/h3-15H,2,16-21H2,1H3. The van der Waals surface area contributed by atoms with Gasteiger partial charge in [-0.05, 0) is 27.6 Å². The highest BCUT2D eigenvalue weighted by atomic mass is 16.6. The molecule has 0 unspecified atom stereocenters. The quantitative estimate of drug-likeness (QED) is 0.203. The first-order valence-electron chi connectivity index (χ1n) is 13.5. The van der Waals surface area contributed by atoms with Crippen LogP contribution in [0.5, 0.6) is 0 Å². The third-order valence-electron chi connectivity index (χ3n) is 7.51. The summed E-state index contributed by atoms with van der Waals surface area (Å²) in [6, 6.07) is 26.0. The van der Waals surface area contributed by atoms with Gasteiger partial charge in [-0.2, -0.15) is 0 Å². The minimum atomic E-state index is -0.414. The summed E-state index contributed by atoms with van der Waals surface area (Å²) in [5.74, 6) is 1.01. The minimum absolute atomic E-state index is 0.0995. The highest BCUT2D eigenvalue weighted by Crippen LogP contribution is 2.32. The third-order valence-corrected chi connectivity index (χ3v) is 7.51. The van der Waals surface area contributed by atoms with Crippen molar-refractivity contribution in [3.8, 4) is 0 Å². The molecular formula is C30H30N6O4. The van der Waals surface area contributed by atoms with Crippen LogP contribution in [0.1, 0.15) is 18.3 Å². The topological polar surface area (TPSA) is 98.7 Å². The summed E-state index contributed by atoms with van der Waals surface area (Å²) in [5, 5.41) is 14.2. The molecule has 0 saturated carbocycles. The molecule has 0 aliphatic carbocycles. The molecule has 10 heteroatoms. The number of aromatic nitrogens is 3. The van der Waals surface area contributed by atoms with E-state index in [0.717, 1.165) is 27.4 Å². The van der Waals surface area contributed by atoms with Crippen molar-refractivity contribution < 1.29 is 14.5 Å². The zero-order chi connectivity index (χ0) is 27.6. The number of carbonyl (C=O) groups excluding carboxylic acids is 1. The van der Waals surface area contributed by atoms with Crippen LogP contribution in [-0.4, -0.2) is 56.2 Å². The van der Waals surface area contributed by atoms with E-state index in [1.54, 1.807) is 4.90 Å². The average molecular weight is 539 g/mol. The molecule has 40 heavy (non-hydrogen) atoms. The van der Waals surface area contributed by atoms with Gasteiger partial charge in [0.05, 0.1) is 17.6 Å². The van der Waals surface area contributed by atoms with Crippen LogP contribution in [0.3, 0.4) is 0 Å². The molecule has 0 atom stereocenters. The molecule has 5 aromatic rings. The van der Waals surface area contributed by atoms with Gasteiger partial charge in [-0.1, -0.05) is 73.7 Å². The Morgan fingerprint density at radius 1 is 0.875 bits per heavy atom. The van der Waals surface area contributed by atoms with Crippen LogP contribution in [0.25, 0.3) is 21.8 Å². The normalized spacial score (nSPS) is 13.7. The molecular weight excluding hydrogens is 508 g/mol. The fourth-order valence-corrected chi connectivity index (χ4v) is 5.57. The van der Waals surface area contributed by atoms with Crippen molar-refractivity contribution in [2.75, 3.05) is 31.1 Å². The predicted octanol–water partition coefficient (Wildman–Crippen LogP) is 5.43. The largest absolute Gasteiger partial charge is 0.428 e. The number of ether oxygens (including phenoxy) is 1. The molecule has 0 spiro atoms. The molecule has 0 radical (unpaired) electrons. The van der Waals surface area contributed by atoms with Crippen molar-refractivity contribution in [3.05, 3.63) is 100 Å². The molecule has 1 aliphatic rings. The van der Waals surface area contributed by atoms with E-state index in [2.05, 4.69) is 17.1 Å². The van der Waals surface area contributed by atoms with Crippen LogP contribution < -0.4 is 4.90 Å². The molecule has 6 rings (SSSR count). The lowest BCUT2D eigenvalue weighted by molar-refractivity contribution is -0.388. The Morgan fingerprint density at radius 3 is 2.08 bits per heavy atom. The van der Waals surface area contributed by atoms with Crippen LogP contribution in [0, 0.1) is 10.1 Å². The van der Waals surface area contributed by atoms with Crippen molar-refractivity contribution in [2.45, 2.75) is 26.6 Å². The predicted molar refractivity (Wildman–Crippen MR) is 154 cm³/mol. The molecule has 0 N–H and O–H groups in total. The van der Waals surface area contributed by atoms with E-state index in [1.165, 1.54) is 0 Å². The molecule has 0 bridgehead atoms. The number of nitrogens with zero attached hydrogens (tertiary/aromatic N) is 6. The molecule has 1 saturated heterocycles. The monoisotopic (exact) mass is 538 g/mol. The van der Waals surface area contributed by atoms with Crippen molar-refractivity contribution in [1.29, 1.82) is 0 Å². The van der Waals surface area contributed by atoms with E-state index < -0.39 is 11.0 Å².